The van der Waals surface area contributed by atoms with Crippen molar-refractivity contribution in [2.45, 2.75) is 25.3 Å². The molecule has 2 atom stereocenters. The molecule has 47 heavy (non-hydrogen) atoms. The van der Waals surface area contributed by atoms with Crippen LogP contribution in [0.4, 0.5) is 4.79 Å². The summed E-state index contributed by atoms with van der Waals surface area (Å²) in [6.45, 7) is 1.35. The van der Waals surface area contributed by atoms with E-state index >= 15 is 0 Å². The van der Waals surface area contributed by atoms with Gasteiger partial charge in [-0.1, -0.05) is 23.2 Å². The zero-order valence-electron chi connectivity index (χ0n) is 25.2. The van der Waals surface area contributed by atoms with Gasteiger partial charge in [0.05, 0.1) is 23.7 Å². The molecule has 14 nitrogen and oxygen atoms in total. The summed E-state index contributed by atoms with van der Waals surface area (Å²) in [7, 11) is -3.27. The molecular formula is C30H31Cl2N9O5S. The number of primary amides is 1. The number of H-pyrrole nitrogens is 1. The summed E-state index contributed by atoms with van der Waals surface area (Å²) in [6.07, 6.45) is 6.94. The molecule has 0 aliphatic carbocycles. The number of benzene rings is 2. The molecule has 2 saturated heterocycles. The zero-order valence-corrected chi connectivity index (χ0v) is 27.5. The van der Waals surface area contributed by atoms with Gasteiger partial charge < -0.3 is 20.4 Å². The Hall–Kier alpha value is -4.31. The van der Waals surface area contributed by atoms with Crippen molar-refractivity contribution >= 4 is 51.3 Å². The molecule has 3 N–H and O–H groups in total. The topological polar surface area (TPSA) is 182 Å². The Bertz CT molecular complexity index is 1910. The van der Waals surface area contributed by atoms with E-state index in [1.807, 2.05) is 0 Å². The fraction of sp³-hybridized carbons (Fsp3) is 0.333. The van der Waals surface area contributed by atoms with Crippen LogP contribution in [0.3, 0.4) is 0 Å². The number of amides is 2. The first kappa shape index (κ1) is 32.6. The van der Waals surface area contributed by atoms with Crippen molar-refractivity contribution in [3.63, 3.8) is 0 Å². The number of nitrogens with one attached hydrogen (secondary N) is 1. The number of tetrazole rings is 1. The first-order valence-electron chi connectivity index (χ1n) is 14.8. The minimum absolute atomic E-state index is 0.111. The maximum absolute atomic E-state index is 13.9. The summed E-state index contributed by atoms with van der Waals surface area (Å²) in [5, 5.41) is 12.1. The van der Waals surface area contributed by atoms with Gasteiger partial charge in [-0.2, -0.15) is 4.68 Å². The standard InChI is InChI=1S/C30H31Cl2N9O5S/c1-47(44,45)39-12-10-18(11-13-39)21-15-25(29-35-27(28(32)36-29)19-2-6-23(7-3-19)46-30(33)43)40(16-21)26(42)9-4-20-14-22(31)5-8-24(20)41-17-34-37-38-41/h2-9,14,17-18,21,25H,10-13,15-16H2,1H3,(H2,33,43)(H,35,36)/t21-,25-/m0/s1. The lowest BCUT2D eigenvalue weighted by atomic mass is 9.83. The third-order valence-corrected chi connectivity index (χ3v) is 10.4. The summed E-state index contributed by atoms with van der Waals surface area (Å²) in [5.41, 5.74) is 7.64. The Morgan fingerprint density at radius 1 is 1.09 bits per heavy atom. The Kier molecular flexibility index (Phi) is 9.32. The molecule has 2 aliphatic rings. The van der Waals surface area contributed by atoms with Crippen molar-refractivity contribution in [3.8, 4) is 22.7 Å². The second-order valence-electron chi connectivity index (χ2n) is 11.5. The van der Waals surface area contributed by atoms with Crippen molar-refractivity contribution < 1.29 is 22.7 Å². The van der Waals surface area contributed by atoms with Crippen LogP contribution in [0.15, 0.2) is 54.9 Å². The van der Waals surface area contributed by atoms with Crippen molar-refractivity contribution in [3.05, 3.63) is 76.4 Å². The van der Waals surface area contributed by atoms with Crippen LogP contribution in [0.5, 0.6) is 5.75 Å². The second kappa shape index (κ2) is 13.4. The number of piperidine rings is 1. The number of carbonyl (C=O) groups excluding carboxylic acids is 2. The van der Waals surface area contributed by atoms with Crippen molar-refractivity contribution in [1.82, 2.24) is 39.4 Å². The van der Waals surface area contributed by atoms with Gasteiger partial charge in [-0.05, 0) is 90.1 Å². The van der Waals surface area contributed by atoms with E-state index in [9.17, 15) is 18.0 Å². The monoisotopic (exact) mass is 699 g/mol. The van der Waals surface area contributed by atoms with Gasteiger partial charge in [0.1, 0.15) is 17.9 Å². The number of hydrogen-bond donors (Lipinski definition) is 2. The van der Waals surface area contributed by atoms with Crippen LogP contribution in [-0.4, -0.2) is 85.7 Å². The van der Waals surface area contributed by atoms with Crippen LogP contribution in [0, 0.1) is 11.8 Å². The molecule has 246 valence electrons. The van der Waals surface area contributed by atoms with Gasteiger partial charge in [0.15, 0.2) is 5.15 Å². The third kappa shape index (κ3) is 7.32. The lowest BCUT2D eigenvalue weighted by Gasteiger charge is -2.33. The number of nitrogens with two attached hydrogens (primary N) is 1. The summed E-state index contributed by atoms with van der Waals surface area (Å²) >= 11 is 12.9. The fourth-order valence-corrected chi connectivity index (χ4v) is 7.61. The second-order valence-corrected chi connectivity index (χ2v) is 14.3. The molecular weight excluding hydrogens is 669 g/mol. The smallest absolute Gasteiger partial charge is 0.409 e. The SMILES string of the molecule is CS(=O)(=O)N1CCC([C@H]2C[C@@H](c3nc(Cl)c(-c4ccc(OC(N)=O)cc4)[nH]3)N(C(=O)C=Cc3cc(Cl)ccc3-n3cnnn3)C2)CC1. The zero-order chi connectivity index (χ0) is 33.3. The van der Waals surface area contributed by atoms with Crippen LogP contribution >= 0.6 is 23.2 Å². The average molecular weight is 701 g/mol. The highest BCUT2D eigenvalue weighted by Gasteiger charge is 2.42. The van der Waals surface area contributed by atoms with Gasteiger partial charge in [0.25, 0.3) is 0 Å². The molecule has 0 spiro atoms. The number of halogens is 2. The van der Waals surface area contributed by atoms with Gasteiger partial charge >= 0.3 is 6.09 Å². The number of likely N-dealkylation sites (tertiary alicyclic amines) is 1. The van der Waals surface area contributed by atoms with Gasteiger partial charge in [-0.25, -0.2) is 22.5 Å². The molecule has 4 aromatic rings. The average Bonchev–Trinajstić information content (AvgIpc) is 3.80. The lowest BCUT2D eigenvalue weighted by molar-refractivity contribution is -0.127. The van der Waals surface area contributed by atoms with Crippen LogP contribution < -0.4 is 10.5 Å². The Labute approximate surface area is 280 Å². The maximum Gasteiger partial charge on any atom is 0.409 e. The molecule has 2 fully saturated rings. The lowest BCUT2D eigenvalue weighted by Crippen LogP contribution is -2.40. The molecule has 0 unspecified atom stereocenters. The molecule has 6 rings (SSSR count). The highest BCUT2D eigenvalue weighted by Crippen LogP contribution is 2.42. The molecule has 0 radical (unpaired) electrons. The van der Waals surface area contributed by atoms with E-state index in [1.54, 1.807) is 53.4 Å². The number of nitrogens with zero attached hydrogens (tertiary/aromatic N) is 7. The van der Waals surface area contributed by atoms with Crippen LogP contribution in [0.2, 0.25) is 10.2 Å². The minimum Gasteiger partial charge on any atom is -0.411 e. The van der Waals surface area contributed by atoms with Crippen LogP contribution in [0.1, 0.15) is 36.7 Å². The van der Waals surface area contributed by atoms with Gasteiger partial charge in [0.2, 0.25) is 15.9 Å². The molecule has 0 bridgehead atoms. The first-order valence-corrected chi connectivity index (χ1v) is 17.4. The number of hydrogen-bond acceptors (Lipinski definition) is 9. The molecule has 2 aliphatic heterocycles. The largest absolute Gasteiger partial charge is 0.411 e. The Balaban J connectivity index is 1.28. The van der Waals surface area contributed by atoms with Crippen molar-refractivity contribution in [2.75, 3.05) is 25.9 Å². The van der Waals surface area contributed by atoms with E-state index in [4.69, 9.17) is 33.7 Å². The molecule has 17 heteroatoms. The number of ether oxygens (including phenoxy) is 1. The third-order valence-electron chi connectivity index (χ3n) is 8.60. The molecule has 2 aromatic carbocycles. The predicted octanol–water partition coefficient (Wildman–Crippen LogP) is 4.09. The van der Waals surface area contributed by atoms with E-state index in [2.05, 4.69) is 25.5 Å². The maximum atomic E-state index is 13.9. The number of rotatable bonds is 8. The summed E-state index contributed by atoms with van der Waals surface area (Å²) in [5.74, 6) is 0.899. The molecule has 0 saturated carbocycles. The van der Waals surface area contributed by atoms with E-state index in [0.29, 0.717) is 72.3 Å². The number of sulfonamides is 1. The molecule has 2 aromatic heterocycles. The van der Waals surface area contributed by atoms with Crippen molar-refractivity contribution in [1.29, 1.82) is 0 Å². The quantitative estimate of drug-likeness (QED) is 0.256. The van der Waals surface area contributed by atoms with E-state index in [-0.39, 0.29) is 28.6 Å². The van der Waals surface area contributed by atoms with Gasteiger partial charge in [-0.15, -0.1) is 5.10 Å². The normalized spacial score (nSPS) is 19.4. The van der Waals surface area contributed by atoms with E-state index in [1.165, 1.54) is 27.6 Å². The predicted molar refractivity (Wildman–Crippen MR) is 174 cm³/mol. The van der Waals surface area contributed by atoms with Gasteiger partial charge in [0, 0.05) is 41.9 Å². The number of imidazole rings is 1. The van der Waals surface area contributed by atoms with E-state index in [0.717, 1.165) is 0 Å². The summed E-state index contributed by atoms with van der Waals surface area (Å²) < 4.78 is 32.1. The number of carbonyl (C=O) groups is 2. The Morgan fingerprint density at radius 3 is 2.49 bits per heavy atom. The fourth-order valence-electron chi connectivity index (χ4n) is 6.31. The van der Waals surface area contributed by atoms with Crippen LogP contribution in [0.25, 0.3) is 23.0 Å². The highest BCUT2D eigenvalue weighted by molar-refractivity contribution is 7.88. The Morgan fingerprint density at radius 2 is 1.83 bits per heavy atom. The molecule has 2 amide bonds. The van der Waals surface area contributed by atoms with Crippen molar-refractivity contribution in [2.24, 2.45) is 17.6 Å². The summed E-state index contributed by atoms with van der Waals surface area (Å²) in [6, 6.07) is 11.4. The van der Waals surface area contributed by atoms with Crippen LogP contribution in [-0.2, 0) is 14.8 Å². The van der Waals surface area contributed by atoms with Gasteiger partial charge in [-0.3, -0.25) is 4.79 Å². The highest BCUT2D eigenvalue weighted by atomic mass is 35.5. The molecule has 4 heterocycles. The number of aromatic amines is 1. The minimum atomic E-state index is -3.27. The first-order chi connectivity index (χ1) is 22.5. The van der Waals surface area contributed by atoms with E-state index < -0.39 is 22.2 Å². The summed E-state index contributed by atoms with van der Waals surface area (Å²) in [4.78, 5) is 34.8. The number of aromatic nitrogens is 6.